The van der Waals surface area contributed by atoms with Crippen LogP contribution in [0.15, 0.2) is 0 Å². The molecule has 4 heavy (non-hydrogen) atoms. The summed E-state index contributed by atoms with van der Waals surface area (Å²) in [4.78, 5) is 0. The van der Waals surface area contributed by atoms with Gasteiger partial charge in [0.05, 0.1) is 0 Å². The summed E-state index contributed by atoms with van der Waals surface area (Å²) in [7, 11) is 6.18. The lowest BCUT2D eigenvalue weighted by Gasteiger charge is -1.34. The zero-order valence-electron chi connectivity index (χ0n) is 1.69. The molecular formula is HClPS2+. The van der Waals surface area contributed by atoms with Crippen LogP contribution >= 0.6 is 27.8 Å². The highest BCUT2D eigenvalue weighted by atomic mass is 35.7. The van der Waals surface area contributed by atoms with Crippen molar-refractivity contribution in [2.75, 3.05) is 0 Å². The fourth-order valence-electron chi connectivity index (χ4n) is 0. The maximum atomic E-state index is 5.01. The zero-order chi connectivity index (χ0) is 3.41. The summed E-state index contributed by atoms with van der Waals surface area (Å²) < 4.78 is 0. The molecule has 24 valence electrons. The summed E-state index contributed by atoms with van der Waals surface area (Å²) in [6.07, 6.45) is 0. The third kappa shape index (κ3) is 3.16. The Balaban J connectivity index is 2.30. The standard InChI is InChI=1S/ClPS2/c1-4-2-3/p+1. The molecule has 0 aromatic rings. The molecule has 0 aliphatic rings. The van der Waals surface area contributed by atoms with E-state index in [2.05, 4.69) is 11.8 Å². The van der Waals surface area contributed by atoms with Crippen molar-refractivity contribution in [3.05, 3.63) is 0 Å². The van der Waals surface area contributed by atoms with Crippen LogP contribution in [0.1, 0.15) is 0 Å². The van der Waals surface area contributed by atoms with Gasteiger partial charge in [0.1, 0.15) is 0 Å². The topological polar surface area (TPSA) is 0 Å². The first-order valence-corrected chi connectivity index (χ1v) is 5.06. The van der Waals surface area contributed by atoms with Crippen molar-refractivity contribution in [3.8, 4) is 0 Å². The fraction of sp³-hybridized carbons (Fsp3) is 0. The number of hydrogen-bond donors (Lipinski definition) is 0. The lowest BCUT2D eigenvalue weighted by Crippen LogP contribution is -0.865. The van der Waals surface area contributed by atoms with Crippen molar-refractivity contribution in [3.63, 3.8) is 0 Å². The molecule has 0 aliphatic heterocycles. The van der Waals surface area contributed by atoms with Crippen molar-refractivity contribution < 1.29 is 0 Å². The Morgan fingerprint density at radius 3 is 2.25 bits per heavy atom. The van der Waals surface area contributed by atoms with E-state index in [1.807, 2.05) is 0 Å². The van der Waals surface area contributed by atoms with Gasteiger partial charge in [0.2, 0.25) is 17.2 Å². The second kappa shape index (κ2) is 4.16. The van der Waals surface area contributed by atoms with Crippen LogP contribution in [0.25, 0.3) is 0 Å². The van der Waals surface area contributed by atoms with Crippen LogP contribution < -0.4 is 0 Å². The van der Waals surface area contributed by atoms with Crippen LogP contribution in [0.5, 0.6) is 0 Å². The SMILES string of the molecule is S=[PH+]SCl. The highest BCUT2D eigenvalue weighted by Gasteiger charge is 1.69. The van der Waals surface area contributed by atoms with Crippen molar-refractivity contribution in [2.45, 2.75) is 0 Å². The van der Waals surface area contributed by atoms with Gasteiger partial charge in [-0.15, -0.1) is 0 Å². The Kier molecular flexibility index (Phi) is 5.37. The molecule has 0 aromatic carbocycles. The summed E-state index contributed by atoms with van der Waals surface area (Å²) in [5.74, 6) is 0. The van der Waals surface area contributed by atoms with Crippen molar-refractivity contribution >= 4 is 39.6 Å². The van der Waals surface area contributed by atoms with Gasteiger partial charge >= 0.3 is 0 Å². The molecule has 4 heteroatoms. The highest BCUT2D eigenvalue weighted by molar-refractivity contribution is 8.68. The molecule has 0 aromatic heterocycles. The lowest BCUT2D eigenvalue weighted by atomic mass is 30.1. The summed E-state index contributed by atoms with van der Waals surface area (Å²) >= 11 is 4.41. The van der Waals surface area contributed by atoms with Crippen LogP contribution in [0.2, 0.25) is 0 Å². The molecule has 0 rings (SSSR count). The van der Waals surface area contributed by atoms with Crippen molar-refractivity contribution in [2.24, 2.45) is 0 Å². The van der Waals surface area contributed by atoms with E-state index < -0.39 is 0 Å². The van der Waals surface area contributed by atoms with Gasteiger partial charge in [-0.1, -0.05) is 0 Å². The Labute approximate surface area is 40.0 Å². The van der Waals surface area contributed by atoms with Crippen LogP contribution in [-0.2, 0) is 11.8 Å². The van der Waals surface area contributed by atoms with E-state index >= 15 is 0 Å². The van der Waals surface area contributed by atoms with E-state index in [-0.39, 0.29) is 0 Å². The first-order chi connectivity index (χ1) is 1.91. The lowest BCUT2D eigenvalue weighted by molar-refractivity contribution is 5.25. The molecule has 0 amide bonds. The monoisotopic (exact) mass is 131 g/mol. The minimum Gasteiger partial charge on any atom is 0.00942 e. The highest BCUT2D eigenvalue weighted by Crippen LogP contribution is 2.21. The summed E-state index contributed by atoms with van der Waals surface area (Å²) in [5.41, 5.74) is 0. The molecule has 0 saturated carbocycles. The second-order valence-corrected chi connectivity index (χ2v) is 4.33. The average Bonchev–Trinajstić information content (AvgIpc) is 1.37. The molecule has 0 heterocycles. The van der Waals surface area contributed by atoms with E-state index in [0.717, 1.165) is 0 Å². The second-order valence-electron chi connectivity index (χ2n) is 0.160. The average molecular weight is 132 g/mol. The van der Waals surface area contributed by atoms with Crippen molar-refractivity contribution in [1.29, 1.82) is 0 Å². The van der Waals surface area contributed by atoms with Gasteiger partial charge in [0, 0.05) is 10.7 Å². The first kappa shape index (κ1) is 5.16. The van der Waals surface area contributed by atoms with E-state index in [9.17, 15) is 0 Å². The summed E-state index contributed by atoms with van der Waals surface area (Å²) in [5, 5.41) is 0. The van der Waals surface area contributed by atoms with Crippen LogP contribution in [0, 0.1) is 0 Å². The third-order valence-electron chi connectivity index (χ3n) is 0.0315. The number of halogens is 1. The largest absolute Gasteiger partial charge is 0.247 e. The molecule has 0 radical (unpaired) electrons. The fourth-order valence-corrected chi connectivity index (χ4v) is 0. The molecule has 0 bridgehead atoms. The van der Waals surface area contributed by atoms with E-state index in [1.54, 1.807) is 0 Å². The Hall–Kier alpha value is 1.16. The molecule has 0 saturated heterocycles. The molecule has 0 nitrogen and oxygen atoms in total. The van der Waals surface area contributed by atoms with Crippen LogP contribution in [-0.4, -0.2) is 0 Å². The molecule has 1 unspecified atom stereocenters. The molecule has 1 atom stereocenters. The maximum Gasteiger partial charge on any atom is 0.247 e. The number of hydrogen-bond acceptors (Lipinski definition) is 2. The van der Waals surface area contributed by atoms with Gasteiger partial charge in [-0.3, -0.25) is 0 Å². The van der Waals surface area contributed by atoms with E-state index in [4.69, 9.17) is 10.7 Å². The van der Waals surface area contributed by atoms with Gasteiger partial charge in [-0.05, 0) is 0 Å². The summed E-state index contributed by atoms with van der Waals surface area (Å²) in [6.45, 7) is 0.406. The predicted molar refractivity (Wildman–Crippen MR) is 29.1 cm³/mol. The Morgan fingerprint density at radius 1 is 2.00 bits per heavy atom. The normalized spacial score (nSPS) is 8.25. The van der Waals surface area contributed by atoms with Gasteiger partial charge in [0.25, 0.3) is 0 Å². The zero-order valence-corrected chi connectivity index (χ0v) is 5.08. The number of rotatable bonds is 1. The minimum atomic E-state index is 0.406. The first-order valence-electron chi connectivity index (χ1n) is 0.563. The van der Waals surface area contributed by atoms with Crippen molar-refractivity contribution in [1.82, 2.24) is 0 Å². The third-order valence-corrected chi connectivity index (χ3v) is 2.55. The summed E-state index contributed by atoms with van der Waals surface area (Å²) in [6, 6.07) is 0. The van der Waals surface area contributed by atoms with Gasteiger partial charge in [-0.25, -0.2) is 0 Å². The van der Waals surface area contributed by atoms with Gasteiger partial charge in [-0.2, -0.15) is 0 Å². The van der Waals surface area contributed by atoms with Crippen LogP contribution in [0.4, 0.5) is 0 Å². The Morgan fingerprint density at radius 2 is 2.25 bits per heavy atom. The van der Waals surface area contributed by atoms with Gasteiger partial charge in [0.15, 0.2) is 11.8 Å². The molecule has 0 N–H and O–H groups in total. The minimum absolute atomic E-state index is 0.406. The molecular weight excluding hydrogens is 131 g/mol. The smallest absolute Gasteiger partial charge is 0.00942 e. The molecule has 0 spiro atoms. The van der Waals surface area contributed by atoms with E-state index in [0.29, 0.717) is 6.56 Å². The Bertz CT molecular complexity index is 20.0. The molecule has 0 fully saturated rings. The maximum absolute atomic E-state index is 5.01. The molecule has 0 aliphatic carbocycles. The van der Waals surface area contributed by atoms with Gasteiger partial charge < -0.3 is 0 Å². The van der Waals surface area contributed by atoms with E-state index in [1.165, 1.54) is 10.6 Å². The predicted octanol–water partition coefficient (Wildman–Crippen LogP) is 1.93. The quantitative estimate of drug-likeness (QED) is 0.499. The van der Waals surface area contributed by atoms with Crippen LogP contribution in [0.3, 0.4) is 0 Å².